The standard InChI is InChI=1S/C23H27N3O2S/c1-15-12-16(2)23(17(3)13-15)25-20(27)14-26(4)22(28)11-7-10-21-24-18-8-5-6-9-19(18)29-21/h5-6,8-9,12-13H,7,10-11,14H2,1-4H3,(H,25,27). The van der Waals surface area contributed by atoms with Crippen LogP contribution in [0.1, 0.15) is 34.5 Å². The van der Waals surface area contributed by atoms with Gasteiger partial charge in [0.05, 0.1) is 21.8 Å². The Morgan fingerprint density at radius 1 is 1.10 bits per heavy atom. The van der Waals surface area contributed by atoms with E-state index in [-0.39, 0.29) is 18.4 Å². The van der Waals surface area contributed by atoms with Gasteiger partial charge < -0.3 is 10.2 Å². The van der Waals surface area contributed by atoms with Crippen LogP contribution in [0.15, 0.2) is 36.4 Å². The molecule has 0 bridgehead atoms. The van der Waals surface area contributed by atoms with Gasteiger partial charge in [-0.3, -0.25) is 9.59 Å². The molecule has 0 radical (unpaired) electrons. The van der Waals surface area contributed by atoms with Crippen molar-refractivity contribution in [3.05, 3.63) is 58.1 Å². The van der Waals surface area contributed by atoms with Crippen LogP contribution in [0.25, 0.3) is 10.2 Å². The molecule has 3 rings (SSSR count). The number of nitrogens with one attached hydrogen (secondary N) is 1. The Morgan fingerprint density at radius 3 is 2.48 bits per heavy atom. The van der Waals surface area contributed by atoms with Crippen LogP contribution >= 0.6 is 11.3 Å². The fourth-order valence-corrected chi connectivity index (χ4v) is 4.48. The summed E-state index contributed by atoms with van der Waals surface area (Å²) in [4.78, 5) is 30.9. The minimum Gasteiger partial charge on any atom is -0.336 e. The molecule has 0 saturated carbocycles. The molecule has 0 atom stereocenters. The number of benzene rings is 2. The van der Waals surface area contributed by atoms with Crippen molar-refractivity contribution >= 4 is 39.1 Å². The number of fused-ring (bicyclic) bond motifs is 1. The molecular formula is C23H27N3O2S. The molecule has 0 fully saturated rings. The molecule has 0 unspecified atom stereocenters. The molecule has 1 N–H and O–H groups in total. The third-order valence-electron chi connectivity index (χ3n) is 4.87. The van der Waals surface area contributed by atoms with Crippen molar-refractivity contribution in [1.29, 1.82) is 0 Å². The van der Waals surface area contributed by atoms with Crippen LogP contribution in [0.2, 0.25) is 0 Å². The summed E-state index contributed by atoms with van der Waals surface area (Å²) >= 11 is 1.67. The summed E-state index contributed by atoms with van der Waals surface area (Å²) in [6, 6.07) is 12.1. The van der Waals surface area contributed by atoms with Crippen LogP contribution in [0, 0.1) is 20.8 Å². The van der Waals surface area contributed by atoms with E-state index in [0.29, 0.717) is 6.42 Å². The van der Waals surface area contributed by atoms with Gasteiger partial charge in [0.2, 0.25) is 11.8 Å². The lowest BCUT2D eigenvalue weighted by atomic mass is 10.1. The van der Waals surface area contributed by atoms with Crippen LogP contribution in [-0.4, -0.2) is 35.3 Å². The highest BCUT2D eigenvalue weighted by Gasteiger charge is 2.15. The number of carbonyl (C=O) groups is 2. The maximum absolute atomic E-state index is 12.4. The van der Waals surface area contributed by atoms with E-state index in [0.717, 1.165) is 40.2 Å². The SMILES string of the molecule is Cc1cc(C)c(NC(=O)CN(C)C(=O)CCCc2nc3ccccc3s2)c(C)c1. The number of aromatic nitrogens is 1. The van der Waals surface area contributed by atoms with Gasteiger partial charge in [0.15, 0.2) is 0 Å². The first-order chi connectivity index (χ1) is 13.8. The van der Waals surface area contributed by atoms with E-state index in [4.69, 9.17) is 0 Å². The molecule has 152 valence electrons. The number of para-hydroxylation sites is 1. The molecular weight excluding hydrogens is 382 g/mol. The number of carbonyl (C=O) groups excluding carboxylic acids is 2. The van der Waals surface area contributed by atoms with E-state index >= 15 is 0 Å². The van der Waals surface area contributed by atoms with Gasteiger partial charge in [0.25, 0.3) is 0 Å². The number of likely N-dealkylation sites (N-methyl/N-ethyl adjacent to an activating group) is 1. The second kappa shape index (κ2) is 9.18. The predicted octanol–water partition coefficient (Wildman–Crippen LogP) is 4.64. The molecule has 3 aromatic rings. The summed E-state index contributed by atoms with van der Waals surface area (Å²) in [6.07, 6.45) is 1.90. The molecule has 0 aliphatic carbocycles. The average Bonchev–Trinajstić information content (AvgIpc) is 3.07. The number of thiazole rings is 1. The minimum atomic E-state index is -0.179. The third kappa shape index (κ3) is 5.41. The number of hydrogen-bond donors (Lipinski definition) is 1. The fraction of sp³-hybridized carbons (Fsp3) is 0.348. The van der Waals surface area contributed by atoms with E-state index in [2.05, 4.69) is 16.4 Å². The quantitative estimate of drug-likeness (QED) is 0.618. The summed E-state index contributed by atoms with van der Waals surface area (Å²) < 4.78 is 1.17. The minimum absolute atomic E-state index is 0.0291. The normalized spacial score (nSPS) is 10.9. The predicted molar refractivity (Wildman–Crippen MR) is 119 cm³/mol. The third-order valence-corrected chi connectivity index (χ3v) is 5.96. The van der Waals surface area contributed by atoms with Crippen molar-refractivity contribution in [3.63, 3.8) is 0 Å². The Labute approximate surface area is 175 Å². The van der Waals surface area contributed by atoms with Gasteiger partial charge in [-0.2, -0.15) is 0 Å². The van der Waals surface area contributed by atoms with Gasteiger partial charge in [-0.15, -0.1) is 11.3 Å². The number of amides is 2. The van der Waals surface area contributed by atoms with Gasteiger partial charge in [0.1, 0.15) is 0 Å². The van der Waals surface area contributed by atoms with Gasteiger partial charge in [-0.25, -0.2) is 4.98 Å². The molecule has 6 heteroatoms. The lowest BCUT2D eigenvalue weighted by molar-refractivity contribution is -0.133. The van der Waals surface area contributed by atoms with Crippen LogP contribution in [0.5, 0.6) is 0 Å². The Balaban J connectivity index is 1.48. The Morgan fingerprint density at radius 2 is 1.79 bits per heavy atom. The number of nitrogens with zero attached hydrogens (tertiary/aromatic N) is 2. The summed E-state index contributed by atoms with van der Waals surface area (Å²) in [5.74, 6) is -0.208. The summed E-state index contributed by atoms with van der Waals surface area (Å²) in [7, 11) is 1.68. The Bertz CT molecular complexity index is 986. The van der Waals surface area contributed by atoms with E-state index < -0.39 is 0 Å². The second-order valence-corrected chi connectivity index (χ2v) is 8.62. The zero-order chi connectivity index (χ0) is 21.0. The maximum Gasteiger partial charge on any atom is 0.243 e. The second-order valence-electron chi connectivity index (χ2n) is 7.50. The molecule has 0 saturated heterocycles. The van der Waals surface area contributed by atoms with Crippen LogP contribution in [0.3, 0.4) is 0 Å². The molecule has 5 nitrogen and oxygen atoms in total. The molecule has 0 spiro atoms. The first kappa shape index (κ1) is 21.0. The van der Waals surface area contributed by atoms with Crippen molar-refractivity contribution in [2.45, 2.75) is 40.0 Å². The number of anilines is 1. The number of hydrogen-bond acceptors (Lipinski definition) is 4. The smallest absolute Gasteiger partial charge is 0.243 e. The molecule has 0 aliphatic heterocycles. The van der Waals surface area contributed by atoms with E-state index in [1.807, 2.05) is 51.1 Å². The zero-order valence-electron chi connectivity index (χ0n) is 17.4. The van der Waals surface area contributed by atoms with Gasteiger partial charge in [0, 0.05) is 19.2 Å². The van der Waals surface area contributed by atoms with Gasteiger partial charge in [-0.05, 0) is 56.9 Å². The van der Waals surface area contributed by atoms with Crippen LogP contribution in [-0.2, 0) is 16.0 Å². The van der Waals surface area contributed by atoms with Crippen molar-refractivity contribution in [2.75, 3.05) is 18.9 Å². The molecule has 2 aromatic carbocycles. The molecule has 2 amide bonds. The zero-order valence-corrected chi connectivity index (χ0v) is 18.2. The number of aryl methyl sites for hydroxylation is 4. The lowest BCUT2D eigenvalue weighted by Gasteiger charge is -2.18. The van der Waals surface area contributed by atoms with Gasteiger partial charge in [-0.1, -0.05) is 29.8 Å². The van der Waals surface area contributed by atoms with Crippen LogP contribution in [0.4, 0.5) is 5.69 Å². The summed E-state index contributed by atoms with van der Waals surface area (Å²) in [5, 5.41) is 3.99. The van der Waals surface area contributed by atoms with E-state index in [1.165, 1.54) is 15.2 Å². The van der Waals surface area contributed by atoms with Crippen molar-refractivity contribution in [3.8, 4) is 0 Å². The number of rotatable bonds is 7. The Kier molecular flexibility index (Phi) is 6.64. The summed E-state index contributed by atoms with van der Waals surface area (Å²) in [6.45, 7) is 6.04. The molecule has 29 heavy (non-hydrogen) atoms. The average molecular weight is 410 g/mol. The first-order valence-electron chi connectivity index (χ1n) is 9.79. The highest BCUT2D eigenvalue weighted by atomic mass is 32.1. The maximum atomic E-state index is 12.4. The van der Waals surface area contributed by atoms with E-state index in [1.54, 1.807) is 18.4 Å². The van der Waals surface area contributed by atoms with Gasteiger partial charge >= 0.3 is 0 Å². The highest BCUT2D eigenvalue weighted by Crippen LogP contribution is 2.23. The molecule has 1 heterocycles. The van der Waals surface area contributed by atoms with E-state index in [9.17, 15) is 9.59 Å². The summed E-state index contributed by atoms with van der Waals surface area (Å²) in [5.41, 5.74) is 5.06. The van der Waals surface area contributed by atoms with Crippen molar-refractivity contribution in [1.82, 2.24) is 9.88 Å². The Hall–Kier alpha value is -2.73. The molecule has 1 aromatic heterocycles. The first-order valence-corrected chi connectivity index (χ1v) is 10.6. The van der Waals surface area contributed by atoms with Crippen LogP contribution < -0.4 is 5.32 Å². The fourth-order valence-electron chi connectivity index (χ4n) is 3.47. The van der Waals surface area contributed by atoms with Crippen molar-refractivity contribution < 1.29 is 9.59 Å². The van der Waals surface area contributed by atoms with Crippen molar-refractivity contribution in [2.24, 2.45) is 0 Å². The lowest BCUT2D eigenvalue weighted by Crippen LogP contribution is -2.35. The largest absolute Gasteiger partial charge is 0.336 e. The monoisotopic (exact) mass is 409 g/mol. The molecule has 0 aliphatic rings. The highest BCUT2D eigenvalue weighted by molar-refractivity contribution is 7.18. The topological polar surface area (TPSA) is 62.3 Å².